The highest BCUT2D eigenvalue weighted by atomic mass is 16.6. The minimum absolute atomic E-state index is 0.0319. The summed E-state index contributed by atoms with van der Waals surface area (Å²) in [5, 5.41) is 23.1. The summed E-state index contributed by atoms with van der Waals surface area (Å²) in [6.45, 7) is 4.17. The number of non-ortho nitro benzene ring substituents is 1. The highest BCUT2D eigenvalue weighted by Gasteiger charge is 2.13. The maximum Gasteiger partial charge on any atom is 0.269 e. The van der Waals surface area contributed by atoms with Crippen molar-refractivity contribution in [3.05, 3.63) is 39.9 Å². The number of benzene rings is 1. The highest BCUT2D eigenvalue weighted by molar-refractivity contribution is 5.35. The quantitative estimate of drug-likeness (QED) is 0.587. The van der Waals surface area contributed by atoms with Crippen molar-refractivity contribution in [3.8, 4) is 0 Å². The lowest BCUT2D eigenvalue weighted by atomic mass is 10.0. The third kappa shape index (κ3) is 4.13. The van der Waals surface area contributed by atoms with Gasteiger partial charge in [0.2, 0.25) is 0 Å². The van der Waals surface area contributed by atoms with Crippen LogP contribution in [0.15, 0.2) is 24.3 Å². The lowest BCUT2D eigenvalue weighted by molar-refractivity contribution is -0.384. The molecule has 2 atom stereocenters. The fraction of sp³-hybridized carbons (Fsp3) is 0.500. The predicted molar refractivity (Wildman–Crippen MR) is 65.8 cm³/mol. The number of aliphatic hydroxyl groups excluding tert-OH is 1. The van der Waals surface area contributed by atoms with E-state index < -0.39 is 11.0 Å². The second kappa shape index (κ2) is 6.32. The Morgan fingerprint density at radius 2 is 2.24 bits per heavy atom. The molecule has 0 heterocycles. The van der Waals surface area contributed by atoms with Crippen molar-refractivity contribution in [3.63, 3.8) is 0 Å². The van der Waals surface area contributed by atoms with E-state index in [4.69, 9.17) is 0 Å². The van der Waals surface area contributed by atoms with Crippen LogP contribution >= 0.6 is 0 Å². The van der Waals surface area contributed by atoms with E-state index in [1.54, 1.807) is 19.1 Å². The SMILES string of the molecule is CCC(NCC(C)O)c1cccc([N+](=O)[O-])c1. The monoisotopic (exact) mass is 238 g/mol. The number of hydrogen-bond acceptors (Lipinski definition) is 4. The van der Waals surface area contributed by atoms with Crippen molar-refractivity contribution in [2.24, 2.45) is 0 Å². The standard InChI is InChI=1S/C12H18N2O3/c1-3-12(13-8-9(2)15)10-5-4-6-11(7-10)14(16)17/h4-7,9,12-13,15H,3,8H2,1-2H3. The third-order valence-electron chi connectivity index (χ3n) is 2.55. The van der Waals surface area contributed by atoms with Crippen LogP contribution in [-0.2, 0) is 0 Å². The van der Waals surface area contributed by atoms with Gasteiger partial charge in [-0.15, -0.1) is 0 Å². The molecule has 0 radical (unpaired) electrons. The Labute approximate surface area is 101 Å². The van der Waals surface area contributed by atoms with Crippen molar-refractivity contribution in [1.29, 1.82) is 0 Å². The van der Waals surface area contributed by atoms with Gasteiger partial charge in [0.25, 0.3) is 5.69 Å². The summed E-state index contributed by atoms with van der Waals surface area (Å²) in [4.78, 5) is 10.3. The summed E-state index contributed by atoms with van der Waals surface area (Å²) >= 11 is 0. The zero-order valence-electron chi connectivity index (χ0n) is 10.1. The molecule has 1 aromatic rings. The molecule has 5 heteroatoms. The third-order valence-corrected chi connectivity index (χ3v) is 2.55. The topological polar surface area (TPSA) is 75.4 Å². The molecule has 17 heavy (non-hydrogen) atoms. The highest BCUT2D eigenvalue weighted by Crippen LogP contribution is 2.21. The number of nitro groups is 1. The van der Waals surface area contributed by atoms with Crippen molar-refractivity contribution in [2.45, 2.75) is 32.4 Å². The van der Waals surface area contributed by atoms with E-state index >= 15 is 0 Å². The number of nitro benzene ring substituents is 1. The second-order valence-electron chi connectivity index (χ2n) is 4.07. The summed E-state index contributed by atoms with van der Waals surface area (Å²) in [6.07, 6.45) is 0.385. The van der Waals surface area contributed by atoms with Gasteiger partial charge in [0.15, 0.2) is 0 Å². The zero-order valence-corrected chi connectivity index (χ0v) is 10.1. The minimum atomic E-state index is -0.428. The normalized spacial score (nSPS) is 14.3. The molecule has 0 spiro atoms. The molecule has 0 saturated carbocycles. The molecule has 1 aromatic carbocycles. The maximum atomic E-state index is 10.7. The van der Waals surface area contributed by atoms with E-state index in [1.807, 2.05) is 13.0 Å². The fourth-order valence-corrected chi connectivity index (χ4v) is 1.67. The summed E-state index contributed by atoms with van der Waals surface area (Å²) in [6, 6.07) is 6.62. The first-order valence-electron chi connectivity index (χ1n) is 5.70. The maximum absolute atomic E-state index is 10.7. The van der Waals surface area contributed by atoms with Crippen LogP contribution in [0.5, 0.6) is 0 Å². The molecule has 0 aliphatic heterocycles. The number of rotatable bonds is 6. The largest absolute Gasteiger partial charge is 0.392 e. The fourth-order valence-electron chi connectivity index (χ4n) is 1.67. The van der Waals surface area contributed by atoms with Crippen LogP contribution in [0.25, 0.3) is 0 Å². The first kappa shape index (κ1) is 13.6. The van der Waals surface area contributed by atoms with Crippen LogP contribution in [-0.4, -0.2) is 22.7 Å². The summed E-state index contributed by atoms with van der Waals surface area (Å²) in [5.74, 6) is 0. The van der Waals surface area contributed by atoms with Crippen LogP contribution < -0.4 is 5.32 Å². The summed E-state index contributed by atoms with van der Waals surface area (Å²) < 4.78 is 0. The predicted octanol–water partition coefficient (Wildman–Crippen LogP) is 2.02. The molecule has 5 nitrogen and oxygen atoms in total. The van der Waals surface area contributed by atoms with Gasteiger partial charge >= 0.3 is 0 Å². The molecular weight excluding hydrogens is 220 g/mol. The van der Waals surface area contributed by atoms with Gasteiger partial charge in [-0.25, -0.2) is 0 Å². The lowest BCUT2D eigenvalue weighted by Crippen LogP contribution is -2.28. The van der Waals surface area contributed by atoms with Gasteiger partial charge in [0, 0.05) is 24.7 Å². The van der Waals surface area contributed by atoms with Gasteiger partial charge in [0.05, 0.1) is 11.0 Å². The molecule has 94 valence electrons. The number of aliphatic hydroxyl groups is 1. The summed E-state index contributed by atoms with van der Waals surface area (Å²) in [7, 11) is 0. The van der Waals surface area contributed by atoms with Crippen LogP contribution in [0.2, 0.25) is 0 Å². The Morgan fingerprint density at radius 3 is 2.76 bits per heavy atom. The Bertz CT molecular complexity index is 380. The summed E-state index contributed by atoms with van der Waals surface area (Å²) in [5.41, 5.74) is 0.974. The smallest absolute Gasteiger partial charge is 0.269 e. The van der Waals surface area contributed by atoms with E-state index in [9.17, 15) is 15.2 Å². The van der Waals surface area contributed by atoms with E-state index in [2.05, 4.69) is 5.32 Å². The molecule has 0 aliphatic rings. The Morgan fingerprint density at radius 1 is 1.53 bits per heavy atom. The van der Waals surface area contributed by atoms with Gasteiger partial charge in [-0.1, -0.05) is 19.1 Å². The van der Waals surface area contributed by atoms with Crippen molar-refractivity contribution in [2.75, 3.05) is 6.54 Å². The van der Waals surface area contributed by atoms with Crippen molar-refractivity contribution in [1.82, 2.24) is 5.32 Å². The minimum Gasteiger partial charge on any atom is -0.392 e. The first-order chi connectivity index (χ1) is 8.04. The second-order valence-corrected chi connectivity index (χ2v) is 4.07. The van der Waals surface area contributed by atoms with Crippen LogP contribution in [0.4, 0.5) is 5.69 Å². The molecular formula is C12H18N2O3. The Kier molecular flexibility index (Phi) is 5.06. The number of nitrogens with one attached hydrogen (secondary N) is 1. The van der Waals surface area contributed by atoms with E-state index in [0.29, 0.717) is 6.54 Å². The number of hydrogen-bond donors (Lipinski definition) is 2. The molecule has 0 aromatic heterocycles. The van der Waals surface area contributed by atoms with Gasteiger partial charge in [-0.2, -0.15) is 0 Å². The van der Waals surface area contributed by atoms with Gasteiger partial charge in [-0.05, 0) is 18.9 Å². The number of nitrogens with zero attached hydrogens (tertiary/aromatic N) is 1. The molecule has 0 fully saturated rings. The molecule has 0 aliphatic carbocycles. The Balaban J connectivity index is 2.80. The van der Waals surface area contributed by atoms with Gasteiger partial charge in [0.1, 0.15) is 0 Å². The van der Waals surface area contributed by atoms with E-state index in [-0.39, 0.29) is 11.7 Å². The average Bonchev–Trinajstić information content (AvgIpc) is 2.30. The molecule has 1 rings (SSSR count). The average molecular weight is 238 g/mol. The zero-order chi connectivity index (χ0) is 12.8. The van der Waals surface area contributed by atoms with Gasteiger partial charge in [-0.3, -0.25) is 10.1 Å². The molecule has 2 N–H and O–H groups in total. The van der Waals surface area contributed by atoms with Gasteiger partial charge < -0.3 is 10.4 Å². The van der Waals surface area contributed by atoms with Crippen LogP contribution in [0.3, 0.4) is 0 Å². The first-order valence-corrected chi connectivity index (χ1v) is 5.70. The molecule has 0 saturated heterocycles. The molecule has 2 unspecified atom stereocenters. The van der Waals surface area contributed by atoms with Crippen LogP contribution in [0.1, 0.15) is 31.9 Å². The van der Waals surface area contributed by atoms with E-state index in [1.165, 1.54) is 6.07 Å². The molecule has 0 amide bonds. The lowest BCUT2D eigenvalue weighted by Gasteiger charge is -2.18. The Hall–Kier alpha value is -1.46. The van der Waals surface area contributed by atoms with E-state index in [0.717, 1.165) is 12.0 Å². The van der Waals surface area contributed by atoms with Crippen molar-refractivity contribution >= 4 is 5.69 Å². The molecule has 0 bridgehead atoms. The van der Waals surface area contributed by atoms with Crippen LogP contribution in [0, 0.1) is 10.1 Å². The van der Waals surface area contributed by atoms with Crippen molar-refractivity contribution < 1.29 is 10.0 Å².